The van der Waals surface area contributed by atoms with Crippen molar-refractivity contribution in [3.05, 3.63) is 59.4 Å². The highest BCUT2D eigenvalue weighted by Gasteiger charge is 2.09. The zero-order valence-corrected chi connectivity index (χ0v) is 10.8. The first-order valence-corrected chi connectivity index (χ1v) is 6.10. The number of ether oxygens (including phenoxy) is 1. The van der Waals surface area contributed by atoms with Crippen LogP contribution in [0.4, 0.5) is 0 Å². The Morgan fingerprint density at radius 1 is 1.17 bits per heavy atom. The number of pyridine rings is 1. The minimum Gasteiger partial charge on any atom is -0.494 e. The molecular weight excluding hydrogens is 224 g/mol. The van der Waals surface area contributed by atoms with E-state index in [1.165, 1.54) is 0 Å². The van der Waals surface area contributed by atoms with E-state index in [1.54, 1.807) is 0 Å². The van der Waals surface area contributed by atoms with Crippen LogP contribution in [0, 0.1) is 6.92 Å². The molecule has 2 N–H and O–H groups in total. The van der Waals surface area contributed by atoms with Crippen LogP contribution >= 0.6 is 0 Å². The van der Waals surface area contributed by atoms with E-state index in [4.69, 9.17) is 10.5 Å². The Balaban J connectivity index is 2.20. The average molecular weight is 242 g/mol. The van der Waals surface area contributed by atoms with Crippen molar-refractivity contribution in [2.75, 3.05) is 6.61 Å². The molecule has 3 nitrogen and oxygen atoms in total. The second-order valence-corrected chi connectivity index (χ2v) is 4.28. The van der Waals surface area contributed by atoms with Crippen LogP contribution in [0.3, 0.4) is 0 Å². The van der Waals surface area contributed by atoms with Gasteiger partial charge in [-0.25, -0.2) is 0 Å². The number of hydrogen-bond donors (Lipinski definition) is 1. The van der Waals surface area contributed by atoms with E-state index >= 15 is 0 Å². The number of benzene rings is 1. The summed E-state index contributed by atoms with van der Waals surface area (Å²) in [5.74, 6) is 0.871. The van der Waals surface area contributed by atoms with Gasteiger partial charge in [0.05, 0.1) is 12.6 Å². The van der Waals surface area contributed by atoms with Gasteiger partial charge in [-0.15, -0.1) is 0 Å². The Hall–Kier alpha value is -1.87. The fourth-order valence-corrected chi connectivity index (χ4v) is 1.88. The molecule has 1 unspecified atom stereocenters. The van der Waals surface area contributed by atoms with Crippen molar-refractivity contribution in [2.45, 2.75) is 19.9 Å². The summed E-state index contributed by atoms with van der Waals surface area (Å²) in [5.41, 5.74) is 9.44. The first kappa shape index (κ1) is 12.6. The minimum atomic E-state index is -0.145. The van der Waals surface area contributed by atoms with Gasteiger partial charge in [-0.3, -0.25) is 4.98 Å². The first-order chi connectivity index (χ1) is 8.70. The number of aryl methyl sites for hydroxylation is 1. The third kappa shape index (κ3) is 2.87. The highest BCUT2D eigenvalue weighted by molar-refractivity contribution is 5.35. The van der Waals surface area contributed by atoms with Crippen molar-refractivity contribution in [1.82, 2.24) is 4.98 Å². The molecule has 0 amide bonds. The summed E-state index contributed by atoms with van der Waals surface area (Å²) in [6, 6.07) is 9.81. The molecule has 1 aromatic heterocycles. The normalized spacial score (nSPS) is 12.2. The SMILES string of the molecule is CCOc1ccc(C(N)c2cncc(C)c2)cc1. The van der Waals surface area contributed by atoms with Gasteiger partial charge < -0.3 is 10.5 Å². The van der Waals surface area contributed by atoms with Crippen LogP contribution < -0.4 is 10.5 Å². The van der Waals surface area contributed by atoms with Crippen LogP contribution in [0.1, 0.15) is 29.7 Å². The lowest BCUT2D eigenvalue weighted by Gasteiger charge is -2.13. The van der Waals surface area contributed by atoms with Crippen LogP contribution in [0.5, 0.6) is 5.75 Å². The Bertz CT molecular complexity index is 508. The molecule has 0 saturated heterocycles. The number of nitrogens with zero attached hydrogens (tertiary/aromatic N) is 1. The van der Waals surface area contributed by atoms with Gasteiger partial charge in [0.1, 0.15) is 5.75 Å². The molecule has 0 aliphatic heterocycles. The lowest BCUT2D eigenvalue weighted by atomic mass is 10.0. The van der Waals surface area contributed by atoms with E-state index in [0.29, 0.717) is 6.61 Å². The third-order valence-corrected chi connectivity index (χ3v) is 2.81. The molecule has 0 bridgehead atoms. The van der Waals surface area contributed by atoms with E-state index in [-0.39, 0.29) is 6.04 Å². The largest absolute Gasteiger partial charge is 0.494 e. The zero-order chi connectivity index (χ0) is 13.0. The lowest BCUT2D eigenvalue weighted by molar-refractivity contribution is 0.340. The molecule has 2 aromatic rings. The van der Waals surface area contributed by atoms with Gasteiger partial charge in [-0.2, -0.15) is 0 Å². The van der Waals surface area contributed by atoms with E-state index < -0.39 is 0 Å². The molecule has 0 aliphatic carbocycles. The quantitative estimate of drug-likeness (QED) is 0.896. The molecule has 1 atom stereocenters. The molecule has 0 aliphatic rings. The van der Waals surface area contributed by atoms with Crippen LogP contribution in [-0.2, 0) is 0 Å². The molecule has 2 rings (SSSR count). The standard InChI is InChI=1S/C15H18N2O/c1-3-18-14-6-4-12(5-7-14)15(16)13-8-11(2)9-17-10-13/h4-10,15H,3,16H2,1-2H3. The van der Waals surface area contributed by atoms with Crippen LogP contribution in [-0.4, -0.2) is 11.6 Å². The van der Waals surface area contributed by atoms with Crippen molar-refractivity contribution >= 4 is 0 Å². The van der Waals surface area contributed by atoms with E-state index in [0.717, 1.165) is 22.4 Å². The predicted octanol–water partition coefficient (Wildman–Crippen LogP) is 2.84. The summed E-state index contributed by atoms with van der Waals surface area (Å²) in [5, 5.41) is 0. The van der Waals surface area contributed by atoms with Gasteiger partial charge >= 0.3 is 0 Å². The number of hydrogen-bond acceptors (Lipinski definition) is 3. The molecule has 0 saturated carbocycles. The molecule has 0 spiro atoms. The molecule has 0 fully saturated rings. The Labute approximate surface area is 108 Å². The summed E-state index contributed by atoms with van der Waals surface area (Å²) in [7, 11) is 0. The second-order valence-electron chi connectivity index (χ2n) is 4.28. The van der Waals surface area contributed by atoms with Crippen molar-refractivity contribution in [2.24, 2.45) is 5.73 Å². The number of aromatic nitrogens is 1. The number of nitrogens with two attached hydrogens (primary N) is 1. The van der Waals surface area contributed by atoms with Crippen LogP contribution in [0.25, 0.3) is 0 Å². The zero-order valence-electron chi connectivity index (χ0n) is 10.8. The fourth-order valence-electron chi connectivity index (χ4n) is 1.88. The molecule has 94 valence electrons. The van der Waals surface area contributed by atoms with Gasteiger partial charge in [0.15, 0.2) is 0 Å². The highest BCUT2D eigenvalue weighted by atomic mass is 16.5. The van der Waals surface area contributed by atoms with Crippen molar-refractivity contribution in [3.63, 3.8) is 0 Å². The van der Waals surface area contributed by atoms with Crippen molar-refractivity contribution < 1.29 is 4.74 Å². The smallest absolute Gasteiger partial charge is 0.119 e. The topological polar surface area (TPSA) is 48.1 Å². The summed E-state index contributed by atoms with van der Waals surface area (Å²) in [6.45, 7) is 4.66. The van der Waals surface area contributed by atoms with Crippen LogP contribution in [0.2, 0.25) is 0 Å². The van der Waals surface area contributed by atoms with Gasteiger partial charge in [0.2, 0.25) is 0 Å². The third-order valence-electron chi connectivity index (χ3n) is 2.81. The van der Waals surface area contributed by atoms with Gasteiger partial charge in [0.25, 0.3) is 0 Å². The highest BCUT2D eigenvalue weighted by Crippen LogP contribution is 2.22. The van der Waals surface area contributed by atoms with Gasteiger partial charge in [-0.1, -0.05) is 18.2 Å². The molecule has 1 heterocycles. The Morgan fingerprint density at radius 2 is 1.89 bits per heavy atom. The molecule has 1 aromatic carbocycles. The first-order valence-electron chi connectivity index (χ1n) is 6.10. The maximum absolute atomic E-state index is 6.23. The van der Waals surface area contributed by atoms with E-state index in [9.17, 15) is 0 Å². The Kier molecular flexibility index (Phi) is 3.95. The molecular formula is C15H18N2O. The maximum Gasteiger partial charge on any atom is 0.119 e. The van der Waals surface area contributed by atoms with Crippen LogP contribution in [0.15, 0.2) is 42.7 Å². The lowest BCUT2D eigenvalue weighted by Crippen LogP contribution is -2.12. The van der Waals surface area contributed by atoms with Gasteiger partial charge in [-0.05, 0) is 42.7 Å². The molecule has 3 heteroatoms. The minimum absolute atomic E-state index is 0.145. The van der Waals surface area contributed by atoms with E-state index in [1.807, 2.05) is 50.5 Å². The summed E-state index contributed by atoms with van der Waals surface area (Å²) < 4.78 is 5.41. The average Bonchev–Trinajstić information content (AvgIpc) is 2.39. The maximum atomic E-state index is 6.23. The number of rotatable bonds is 4. The summed E-state index contributed by atoms with van der Waals surface area (Å²) in [6.07, 6.45) is 3.64. The van der Waals surface area contributed by atoms with Crippen molar-refractivity contribution in [1.29, 1.82) is 0 Å². The molecule has 18 heavy (non-hydrogen) atoms. The summed E-state index contributed by atoms with van der Waals surface area (Å²) in [4.78, 5) is 4.17. The second kappa shape index (κ2) is 5.65. The predicted molar refractivity (Wildman–Crippen MR) is 72.6 cm³/mol. The van der Waals surface area contributed by atoms with Gasteiger partial charge in [0, 0.05) is 12.4 Å². The summed E-state index contributed by atoms with van der Waals surface area (Å²) >= 11 is 0. The fraction of sp³-hybridized carbons (Fsp3) is 0.267. The van der Waals surface area contributed by atoms with Crippen molar-refractivity contribution in [3.8, 4) is 5.75 Å². The molecule has 0 radical (unpaired) electrons. The Morgan fingerprint density at radius 3 is 2.50 bits per heavy atom. The van der Waals surface area contributed by atoms with E-state index in [2.05, 4.69) is 11.1 Å². The monoisotopic (exact) mass is 242 g/mol.